The Balaban J connectivity index is 1.33. The molecule has 0 unspecified atom stereocenters. The number of likely N-dealkylation sites (tertiary alicyclic amines) is 1. The highest BCUT2D eigenvalue weighted by Gasteiger charge is 2.29. The number of oxazole rings is 1. The van der Waals surface area contributed by atoms with Crippen LogP contribution in [0.2, 0.25) is 0 Å². The molecule has 154 valence electrons. The largest absolute Gasteiger partial charge is 0.444 e. The van der Waals surface area contributed by atoms with E-state index in [2.05, 4.69) is 4.98 Å². The molecule has 2 aromatic carbocycles. The first kappa shape index (κ1) is 20.1. The molecule has 1 aliphatic rings. The molecule has 4 rings (SSSR count). The first-order valence-corrected chi connectivity index (χ1v) is 10.4. The van der Waals surface area contributed by atoms with Crippen LogP contribution in [0.3, 0.4) is 0 Å². The van der Waals surface area contributed by atoms with E-state index in [-0.39, 0.29) is 24.0 Å². The smallest absolute Gasteiger partial charge is 0.228 e. The molecule has 0 saturated carbocycles. The van der Waals surface area contributed by atoms with E-state index >= 15 is 0 Å². The molecule has 1 fully saturated rings. The number of hydrogen-bond donors (Lipinski definition) is 0. The number of carbonyl (C=O) groups is 2. The molecule has 0 N–H and O–H groups in total. The Morgan fingerprint density at radius 2 is 1.80 bits per heavy atom. The van der Waals surface area contributed by atoms with Gasteiger partial charge in [-0.05, 0) is 44.4 Å². The fourth-order valence-electron chi connectivity index (χ4n) is 4.07. The van der Waals surface area contributed by atoms with Crippen molar-refractivity contribution in [1.29, 1.82) is 0 Å². The van der Waals surface area contributed by atoms with E-state index in [1.54, 1.807) is 6.26 Å². The van der Waals surface area contributed by atoms with Crippen LogP contribution in [0, 0.1) is 19.8 Å². The molecule has 0 radical (unpaired) electrons. The highest BCUT2D eigenvalue weighted by atomic mass is 16.3. The summed E-state index contributed by atoms with van der Waals surface area (Å²) < 4.78 is 5.53. The van der Waals surface area contributed by atoms with Crippen LogP contribution in [-0.4, -0.2) is 34.7 Å². The van der Waals surface area contributed by atoms with Gasteiger partial charge in [-0.15, -0.1) is 0 Å². The lowest BCUT2D eigenvalue weighted by atomic mass is 9.87. The second-order valence-corrected chi connectivity index (χ2v) is 8.02. The minimum Gasteiger partial charge on any atom is -0.444 e. The third-order valence-corrected chi connectivity index (χ3v) is 5.77. The summed E-state index contributed by atoms with van der Waals surface area (Å²) in [5, 5.41) is 0. The Labute approximate surface area is 176 Å². The topological polar surface area (TPSA) is 63.4 Å². The standard InChI is InChI=1S/C25H26N2O3/c1-17-8-9-22(18(2)14-17)24(29)19-10-12-27(13-11-19)23(28)15-21-16-30-25(26-21)20-6-4-3-5-7-20/h3-9,14,16,19H,10-13,15H2,1-2H3. The average Bonchev–Trinajstić information content (AvgIpc) is 3.22. The van der Waals surface area contributed by atoms with E-state index in [0.29, 0.717) is 37.5 Å². The van der Waals surface area contributed by atoms with Crippen LogP contribution in [0.5, 0.6) is 0 Å². The van der Waals surface area contributed by atoms with Crippen molar-refractivity contribution in [2.24, 2.45) is 5.92 Å². The molecule has 1 aromatic heterocycles. The number of amides is 1. The van der Waals surface area contributed by atoms with Gasteiger partial charge in [-0.1, -0.05) is 42.0 Å². The number of benzene rings is 2. The number of aromatic nitrogens is 1. The maximum Gasteiger partial charge on any atom is 0.228 e. The van der Waals surface area contributed by atoms with E-state index in [1.807, 2.05) is 67.3 Å². The third kappa shape index (κ3) is 4.35. The summed E-state index contributed by atoms with van der Waals surface area (Å²) in [6.07, 6.45) is 3.17. The number of rotatable bonds is 5. The summed E-state index contributed by atoms with van der Waals surface area (Å²) in [7, 11) is 0. The minimum absolute atomic E-state index is 0.0211. The van der Waals surface area contributed by atoms with E-state index in [0.717, 1.165) is 22.3 Å². The van der Waals surface area contributed by atoms with E-state index in [1.165, 1.54) is 0 Å². The van der Waals surface area contributed by atoms with Gasteiger partial charge in [0.2, 0.25) is 11.8 Å². The van der Waals surface area contributed by atoms with Crippen LogP contribution in [0.1, 0.15) is 40.0 Å². The minimum atomic E-state index is -0.0211. The quantitative estimate of drug-likeness (QED) is 0.584. The van der Waals surface area contributed by atoms with Crippen molar-refractivity contribution in [1.82, 2.24) is 9.88 Å². The molecular weight excluding hydrogens is 376 g/mol. The highest BCUT2D eigenvalue weighted by Crippen LogP contribution is 2.25. The number of Topliss-reactive ketones (excluding diaryl/α,β-unsaturated/α-hetero) is 1. The van der Waals surface area contributed by atoms with Crippen molar-refractivity contribution in [3.8, 4) is 11.5 Å². The zero-order valence-corrected chi connectivity index (χ0v) is 17.4. The summed E-state index contributed by atoms with van der Waals surface area (Å²) in [6.45, 7) is 5.22. The fourth-order valence-corrected chi connectivity index (χ4v) is 4.07. The van der Waals surface area contributed by atoms with Gasteiger partial charge in [0, 0.05) is 30.1 Å². The summed E-state index contributed by atoms with van der Waals surface area (Å²) in [5.74, 6) is 0.729. The summed E-state index contributed by atoms with van der Waals surface area (Å²) >= 11 is 0. The molecule has 0 spiro atoms. The lowest BCUT2D eigenvalue weighted by molar-refractivity contribution is -0.131. The van der Waals surface area contributed by atoms with Gasteiger partial charge in [0.05, 0.1) is 12.1 Å². The van der Waals surface area contributed by atoms with Gasteiger partial charge in [-0.3, -0.25) is 9.59 Å². The van der Waals surface area contributed by atoms with Crippen LogP contribution in [0.4, 0.5) is 0 Å². The highest BCUT2D eigenvalue weighted by molar-refractivity contribution is 5.99. The molecule has 30 heavy (non-hydrogen) atoms. The van der Waals surface area contributed by atoms with Crippen LogP contribution < -0.4 is 0 Å². The van der Waals surface area contributed by atoms with Crippen molar-refractivity contribution in [2.75, 3.05) is 13.1 Å². The zero-order valence-electron chi connectivity index (χ0n) is 17.4. The first-order chi connectivity index (χ1) is 14.5. The molecule has 2 heterocycles. The van der Waals surface area contributed by atoms with E-state index in [9.17, 15) is 9.59 Å². The van der Waals surface area contributed by atoms with Crippen LogP contribution in [0.15, 0.2) is 59.2 Å². The van der Waals surface area contributed by atoms with Gasteiger partial charge < -0.3 is 9.32 Å². The summed E-state index contributed by atoms with van der Waals surface area (Å²) in [4.78, 5) is 31.9. The van der Waals surface area contributed by atoms with Crippen molar-refractivity contribution < 1.29 is 14.0 Å². The maximum atomic E-state index is 12.9. The Bertz CT molecular complexity index is 1050. The molecule has 1 saturated heterocycles. The van der Waals surface area contributed by atoms with Crippen LogP contribution >= 0.6 is 0 Å². The number of piperidine rings is 1. The van der Waals surface area contributed by atoms with Gasteiger partial charge in [-0.25, -0.2) is 4.98 Å². The average molecular weight is 402 g/mol. The predicted molar refractivity (Wildman–Crippen MR) is 115 cm³/mol. The monoisotopic (exact) mass is 402 g/mol. The lowest BCUT2D eigenvalue weighted by Crippen LogP contribution is -2.41. The molecule has 5 nitrogen and oxygen atoms in total. The second-order valence-electron chi connectivity index (χ2n) is 8.02. The normalized spacial score (nSPS) is 14.7. The SMILES string of the molecule is Cc1ccc(C(=O)C2CCN(C(=O)Cc3coc(-c4ccccc4)n3)CC2)c(C)c1. The molecule has 3 aromatic rings. The number of hydrogen-bond acceptors (Lipinski definition) is 4. The predicted octanol–water partition coefficient (Wildman–Crippen LogP) is 4.62. The number of aryl methyl sites for hydroxylation is 2. The zero-order chi connectivity index (χ0) is 21.1. The molecule has 1 aliphatic heterocycles. The second kappa shape index (κ2) is 8.66. The molecule has 0 atom stereocenters. The summed E-state index contributed by atoms with van der Waals surface area (Å²) in [5.41, 5.74) is 4.52. The Morgan fingerprint density at radius 3 is 2.50 bits per heavy atom. The fraction of sp³-hybridized carbons (Fsp3) is 0.320. The summed E-state index contributed by atoms with van der Waals surface area (Å²) in [6, 6.07) is 15.6. The van der Waals surface area contributed by atoms with Gasteiger partial charge in [0.1, 0.15) is 6.26 Å². The molecule has 0 bridgehead atoms. The molecule has 5 heteroatoms. The van der Waals surface area contributed by atoms with Crippen molar-refractivity contribution in [2.45, 2.75) is 33.1 Å². The first-order valence-electron chi connectivity index (χ1n) is 10.4. The van der Waals surface area contributed by atoms with Gasteiger partial charge in [0.15, 0.2) is 5.78 Å². The Hall–Kier alpha value is -3.21. The number of carbonyl (C=O) groups excluding carboxylic acids is 2. The lowest BCUT2D eigenvalue weighted by Gasteiger charge is -2.31. The van der Waals surface area contributed by atoms with Crippen LogP contribution in [-0.2, 0) is 11.2 Å². The maximum absolute atomic E-state index is 12.9. The Kier molecular flexibility index (Phi) is 5.79. The van der Waals surface area contributed by atoms with Gasteiger partial charge in [0.25, 0.3) is 0 Å². The molecule has 0 aliphatic carbocycles. The van der Waals surface area contributed by atoms with Crippen molar-refractivity contribution in [3.63, 3.8) is 0 Å². The third-order valence-electron chi connectivity index (χ3n) is 5.77. The number of ketones is 1. The molecule has 1 amide bonds. The Morgan fingerprint density at radius 1 is 1.07 bits per heavy atom. The van der Waals surface area contributed by atoms with Crippen molar-refractivity contribution >= 4 is 11.7 Å². The van der Waals surface area contributed by atoms with E-state index < -0.39 is 0 Å². The van der Waals surface area contributed by atoms with E-state index in [4.69, 9.17) is 4.42 Å². The number of nitrogens with zero attached hydrogens (tertiary/aromatic N) is 2. The van der Waals surface area contributed by atoms with Gasteiger partial charge in [-0.2, -0.15) is 0 Å². The molecular formula is C25H26N2O3. The van der Waals surface area contributed by atoms with Crippen LogP contribution in [0.25, 0.3) is 11.5 Å². The van der Waals surface area contributed by atoms with Gasteiger partial charge >= 0.3 is 0 Å². The van der Waals surface area contributed by atoms with Crippen molar-refractivity contribution in [3.05, 3.63) is 77.2 Å².